The monoisotopic (exact) mass is 329 g/mol. The zero-order chi connectivity index (χ0) is 10.7. The molecule has 0 aliphatic heterocycles. The Balaban J connectivity index is 3.02. The lowest BCUT2D eigenvalue weighted by Crippen LogP contribution is -2.04. The van der Waals surface area contributed by atoms with E-state index in [1.54, 1.807) is 6.07 Å². The van der Waals surface area contributed by atoms with Gasteiger partial charge in [0, 0.05) is 11.0 Å². The third kappa shape index (κ3) is 2.90. The second kappa shape index (κ2) is 5.04. The molecule has 0 saturated carbocycles. The Morgan fingerprint density at radius 2 is 1.93 bits per heavy atom. The molecule has 2 N–H and O–H groups in total. The zero-order valence-electron chi connectivity index (χ0n) is 6.94. The van der Waals surface area contributed by atoms with Crippen molar-refractivity contribution in [1.82, 2.24) is 0 Å². The van der Waals surface area contributed by atoms with Gasteiger partial charge in [0.2, 0.25) is 0 Å². The molecule has 0 fully saturated rings. The van der Waals surface area contributed by atoms with E-state index >= 15 is 0 Å². The Kier molecular flexibility index (Phi) is 4.28. The number of benzene rings is 1. The number of nitrogens with two attached hydrogens (primary N) is 1. The Hall–Kier alpha value is -0.200. The molecule has 6 heteroatoms. The molecule has 0 amide bonds. The molecule has 0 radical (unpaired) electrons. The summed E-state index contributed by atoms with van der Waals surface area (Å²) in [5.74, 6) is 0.0871. The lowest BCUT2D eigenvalue weighted by Gasteiger charge is -2.09. The number of ether oxygens (including phenoxy) is 1. The minimum absolute atomic E-state index is 0.0871. The largest absolute Gasteiger partial charge is 0.434 e. The molecule has 0 heterocycles. The number of halogens is 4. The quantitative estimate of drug-likeness (QED) is 0.923. The molecule has 0 aliphatic rings. The normalized spacial score (nSPS) is 10.7. The molecule has 78 valence electrons. The maximum absolute atomic E-state index is 11.9. The Bertz CT molecular complexity index is 333. The molecule has 1 rings (SSSR count). The summed E-state index contributed by atoms with van der Waals surface area (Å²) in [4.78, 5) is 0. The van der Waals surface area contributed by atoms with E-state index in [4.69, 9.17) is 5.73 Å². The molecule has 2 nitrogen and oxygen atoms in total. The van der Waals surface area contributed by atoms with Crippen molar-refractivity contribution in [2.24, 2.45) is 5.73 Å². The zero-order valence-corrected chi connectivity index (χ0v) is 10.1. The first-order valence-corrected chi connectivity index (χ1v) is 5.26. The van der Waals surface area contributed by atoms with Gasteiger partial charge < -0.3 is 10.5 Å². The molecule has 0 aromatic heterocycles. The van der Waals surface area contributed by atoms with Crippen LogP contribution in [-0.4, -0.2) is 6.61 Å². The first kappa shape index (κ1) is 11.9. The summed E-state index contributed by atoms with van der Waals surface area (Å²) in [7, 11) is 0. The smallest absolute Gasteiger partial charge is 0.387 e. The molecular weight excluding hydrogens is 324 g/mol. The van der Waals surface area contributed by atoms with Crippen LogP contribution in [0.3, 0.4) is 0 Å². The van der Waals surface area contributed by atoms with Crippen LogP contribution in [0.5, 0.6) is 5.75 Å². The van der Waals surface area contributed by atoms with E-state index in [1.165, 1.54) is 6.07 Å². The minimum Gasteiger partial charge on any atom is -0.434 e. The SMILES string of the molecule is NCc1cc(Br)c(OC(F)F)cc1Br. The van der Waals surface area contributed by atoms with Crippen LogP contribution in [0.15, 0.2) is 21.1 Å². The van der Waals surface area contributed by atoms with E-state index in [2.05, 4.69) is 36.6 Å². The summed E-state index contributed by atoms with van der Waals surface area (Å²) in [6, 6.07) is 3.10. The molecule has 0 spiro atoms. The molecular formula is C8H7Br2F2NO. The molecule has 0 saturated heterocycles. The van der Waals surface area contributed by atoms with Crippen molar-refractivity contribution in [3.05, 3.63) is 26.6 Å². The van der Waals surface area contributed by atoms with Gasteiger partial charge >= 0.3 is 6.61 Å². The number of rotatable bonds is 3. The highest BCUT2D eigenvalue weighted by molar-refractivity contribution is 9.11. The van der Waals surface area contributed by atoms with E-state index in [9.17, 15) is 8.78 Å². The van der Waals surface area contributed by atoms with Crippen LogP contribution in [0.2, 0.25) is 0 Å². The summed E-state index contributed by atoms with van der Waals surface area (Å²) in [6.07, 6.45) is 0. The average Bonchev–Trinajstić information content (AvgIpc) is 2.10. The highest BCUT2D eigenvalue weighted by Crippen LogP contribution is 2.32. The average molecular weight is 331 g/mol. The van der Waals surface area contributed by atoms with Gasteiger partial charge in [-0.25, -0.2) is 0 Å². The molecule has 0 unspecified atom stereocenters. The summed E-state index contributed by atoms with van der Waals surface area (Å²) in [5, 5.41) is 0. The number of hydrogen-bond donors (Lipinski definition) is 1. The Morgan fingerprint density at radius 1 is 1.29 bits per heavy atom. The highest BCUT2D eigenvalue weighted by atomic mass is 79.9. The fourth-order valence-corrected chi connectivity index (χ4v) is 1.88. The predicted molar refractivity (Wildman–Crippen MR) is 56.4 cm³/mol. The lowest BCUT2D eigenvalue weighted by molar-refractivity contribution is -0.0504. The molecule has 1 aromatic rings. The highest BCUT2D eigenvalue weighted by Gasteiger charge is 2.10. The van der Waals surface area contributed by atoms with Crippen molar-refractivity contribution in [1.29, 1.82) is 0 Å². The molecule has 1 aromatic carbocycles. The number of hydrogen-bond acceptors (Lipinski definition) is 2. The van der Waals surface area contributed by atoms with Crippen LogP contribution in [0.4, 0.5) is 8.78 Å². The molecule has 14 heavy (non-hydrogen) atoms. The van der Waals surface area contributed by atoms with Gasteiger partial charge in [-0.2, -0.15) is 8.78 Å². The van der Waals surface area contributed by atoms with Crippen molar-refractivity contribution in [2.75, 3.05) is 0 Å². The fraction of sp³-hybridized carbons (Fsp3) is 0.250. The van der Waals surface area contributed by atoms with Gasteiger partial charge in [0.15, 0.2) is 0 Å². The van der Waals surface area contributed by atoms with Crippen molar-refractivity contribution >= 4 is 31.9 Å². The molecule has 0 atom stereocenters. The first-order valence-electron chi connectivity index (χ1n) is 3.67. The van der Waals surface area contributed by atoms with Crippen LogP contribution in [0.1, 0.15) is 5.56 Å². The Labute approximate surface area is 96.7 Å². The Morgan fingerprint density at radius 3 is 2.43 bits per heavy atom. The van der Waals surface area contributed by atoms with E-state index < -0.39 is 6.61 Å². The third-order valence-electron chi connectivity index (χ3n) is 1.54. The summed E-state index contributed by atoms with van der Waals surface area (Å²) < 4.78 is 29.2. The van der Waals surface area contributed by atoms with Crippen LogP contribution in [0, 0.1) is 0 Å². The van der Waals surface area contributed by atoms with Crippen LogP contribution in [0.25, 0.3) is 0 Å². The summed E-state index contributed by atoms with van der Waals surface area (Å²) >= 11 is 6.32. The maximum Gasteiger partial charge on any atom is 0.387 e. The third-order valence-corrected chi connectivity index (χ3v) is 2.89. The second-order valence-corrected chi connectivity index (χ2v) is 4.17. The fourth-order valence-electron chi connectivity index (χ4n) is 0.912. The van der Waals surface area contributed by atoms with Gasteiger partial charge in [0.1, 0.15) is 5.75 Å². The lowest BCUT2D eigenvalue weighted by atomic mass is 10.2. The van der Waals surface area contributed by atoms with E-state index in [0.717, 1.165) is 5.56 Å². The van der Waals surface area contributed by atoms with E-state index in [-0.39, 0.29) is 5.75 Å². The second-order valence-electron chi connectivity index (χ2n) is 2.46. The van der Waals surface area contributed by atoms with E-state index in [0.29, 0.717) is 15.5 Å². The van der Waals surface area contributed by atoms with E-state index in [1.807, 2.05) is 0 Å². The standard InChI is InChI=1S/C8H7Br2F2NO/c9-5-2-7(14-8(11)12)6(10)1-4(5)3-13/h1-2,8H,3,13H2. The van der Waals surface area contributed by atoms with Gasteiger partial charge in [0.25, 0.3) is 0 Å². The van der Waals surface area contributed by atoms with Crippen LogP contribution in [-0.2, 0) is 6.54 Å². The van der Waals surface area contributed by atoms with Crippen LogP contribution >= 0.6 is 31.9 Å². The van der Waals surface area contributed by atoms with Crippen LogP contribution < -0.4 is 10.5 Å². The van der Waals surface area contributed by atoms with Gasteiger partial charge in [-0.15, -0.1) is 0 Å². The van der Waals surface area contributed by atoms with Gasteiger partial charge in [-0.05, 0) is 33.6 Å². The van der Waals surface area contributed by atoms with Gasteiger partial charge in [0.05, 0.1) is 4.47 Å². The maximum atomic E-state index is 11.9. The first-order chi connectivity index (χ1) is 6.54. The summed E-state index contributed by atoms with van der Waals surface area (Å²) in [6.45, 7) is -2.50. The minimum atomic E-state index is -2.83. The number of alkyl halides is 2. The van der Waals surface area contributed by atoms with Crippen molar-refractivity contribution in [3.8, 4) is 5.75 Å². The molecule has 0 bridgehead atoms. The molecule has 0 aliphatic carbocycles. The van der Waals surface area contributed by atoms with Gasteiger partial charge in [-0.1, -0.05) is 15.9 Å². The topological polar surface area (TPSA) is 35.2 Å². The van der Waals surface area contributed by atoms with Gasteiger partial charge in [-0.3, -0.25) is 0 Å². The van der Waals surface area contributed by atoms with Crippen molar-refractivity contribution in [2.45, 2.75) is 13.2 Å². The van der Waals surface area contributed by atoms with Crippen molar-refractivity contribution in [3.63, 3.8) is 0 Å². The predicted octanol–water partition coefficient (Wildman–Crippen LogP) is 3.27. The van der Waals surface area contributed by atoms with Crippen molar-refractivity contribution < 1.29 is 13.5 Å². The summed E-state index contributed by atoms with van der Waals surface area (Å²) in [5.41, 5.74) is 6.25.